The number of ether oxygens (including phenoxy) is 1. The number of aromatic nitrogens is 2. The predicted molar refractivity (Wildman–Crippen MR) is 61.4 cm³/mol. The molecule has 0 unspecified atom stereocenters. The highest BCUT2D eigenvalue weighted by molar-refractivity contribution is 5.64. The van der Waals surface area contributed by atoms with Gasteiger partial charge in [0, 0.05) is 19.2 Å². The van der Waals surface area contributed by atoms with Gasteiger partial charge in [-0.3, -0.25) is 5.10 Å². The van der Waals surface area contributed by atoms with Crippen molar-refractivity contribution in [2.45, 2.75) is 6.92 Å². The van der Waals surface area contributed by atoms with Gasteiger partial charge >= 0.3 is 0 Å². The van der Waals surface area contributed by atoms with Crippen LogP contribution in [0.1, 0.15) is 5.56 Å². The molecular weight excluding hydrogens is 206 g/mol. The van der Waals surface area contributed by atoms with Crippen LogP contribution in [0.2, 0.25) is 0 Å². The molecular formula is C11H15N3O2. The van der Waals surface area contributed by atoms with E-state index in [-0.39, 0.29) is 0 Å². The summed E-state index contributed by atoms with van der Waals surface area (Å²) in [7, 11) is 1.67. The summed E-state index contributed by atoms with van der Waals surface area (Å²) in [6.07, 6.45) is 1.65. The van der Waals surface area contributed by atoms with Crippen LogP contribution >= 0.6 is 0 Å². The molecule has 86 valence electrons. The molecule has 0 saturated carbocycles. The van der Waals surface area contributed by atoms with Crippen molar-refractivity contribution in [1.29, 1.82) is 0 Å². The SMILES string of the molecule is COCCNc1n[nH]c(-c2ccco2)c1C. The first-order valence-electron chi connectivity index (χ1n) is 5.14. The lowest BCUT2D eigenvalue weighted by atomic mass is 10.2. The molecule has 2 aromatic heterocycles. The Labute approximate surface area is 93.8 Å². The first kappa shape index (κ1) is 10.8. The van der Waals surface area contributed by atoms with Crippen LogP contribution in [0.5, 0.6) is 0 Å². The second-order valence-electron chi connectivity index (χ2n) is 3.47. The van der Waals surface area contributed by atoms with E-state index in [9.17, 15) is 0 Å². The van der Waals surface area contributed by atoms with Crippen LogP contribution in [0.25, 0.3) is 11.5 Å². The molecule has 0 bridgehead atoms. The fourth-order valence-corrected chi connectivity index (χ4v) is 1.50. The third kappa shape index (κ3) is 2.09. The van der Waals surface area contributed by atoms with Crippen LogP contribution < -0.4 is 5.32 Å². The molecule has 5 nitrogen and oxygen atoms in total. The Kier molecular flexibility index (Phi) is 3.26. The maximum absolute atomic E-state index is 5.32. The molecule has 2 heterocycles. The molecule has 0 saturated heterocycles. The summed E-state index contributed by atoms with van der Waals surface area (Å²) in [5.74, 6) is 1.63. The van der Waals surface area contributed by atoms with Gasteiger partial charge in [0.25, 0.3) is 0 Å². The van der Waals surface area contributed by atoms with Crippen molar-refractivity contribution in [3.63, 3.8) is 0 Å². The minimum atomic E-state index is 0.655. The zero-order valence-corrected chi connectivity index (χ0v) is 9.41. The van der Waals surface area contributed by atoms with Crippen molar-refractivity contribution in [2.75, 3.05) is 25.6 Å². The highest BCUT2D eigenvalue weighted by atomic mass is 16.5. The van der Waals surface area contributed by atoms with E-state index in [0.29, 0.717) is 6.61 Å². The van der Waals surface area contributed by atoms with E-state index >= 15 is 0 Å². The normalized spacial score (nSPS) is 10.6. The van der Waals surface area contributed by atoms with Gasteiger partial charge in [-0.25, -0.2) is 0 Å². The van der Waals surface area contributed by atoms with Gasteiger partial charge in [-0.05, 0) is 19.1 Å². The quantitative estimate of drug-likeness (QED) is 0.758. The van der Waals surface area contributed by atoms with Crippen LogP contribution in [-0.4, -0.2) is 30.5 Å². The van der Waals surface area contributed by atoms with E-state index in [1.165, 1.54) is 0 Å². The molecule has 2 aromatic rings. The average Bonchev–Trinajstić information content (AvgIpc) is 2.89. The number of nitrogens with one attached hydrogen (secondary N) is 2. The van der Waals surface area contributed by atoms with Crippen LogP contribution in [0.15, 0.2) is 22.8 Å². The smallest absolute Gasteiger partial charge is 0.151 e. The third-order valence-corrected chi connectivity index (χ3v) is 2.38. The zero-order chi connectivity index (χ0) is 11.4. The lowest BCUT2D eigenvalue weighted by molar-refractivity contribution is 0.210. The highest BCUT2D eigenvalue weighted by Gasteiger charge is 2.11. The first-order valence-corrected chi connectivity index (χ1v) is 5.14. The summed E-state index contributed by atoms with van der Waals surface area (Å²) in [6, 6.07) is 3.76. The minimum Gasteiger partial charge on any atom is -0.463 e. The van der Waals surface area contributed by atoms with Gasteiger partial charge in [0.1, 0.15) is 5.69 Å². The summed E-state index contributed by atoms with van der Waals surface area (Å²) in [5, 5.41) is 10.3. The second kappa shape index (κ2) is 4.85. The van der Waals surface area contributed by atoms with E-state index in [4.69, 9.17) is 9.15 Å². The van der Waals surface area contributed by atoms with Crippen molar-refractivity contribution < 1.29 is 9.15 Å². The summed E-state index contributed by atoms with van der Waals surface area (Å²) in [5.41, 5.74) is 1.95. The van der Waals surface area contributed by atoms with E-state index in [2.05, 4.69) is 15.5 Å². The number of hydrogen-bond acceptors (Lipinski definition) is 4. The molecule has 16 heavy (non-hydrogen) atoms. The fraction of sp³-hybridized carbons (Fsp3) is 0.364. The van der Waals surface area contributed by atoms with Crippen molar-refractivity contribution >= 4 is 5.82 Å². The molecule has 0 aliphatic rings. The summed E-state index contributed by atoms with van der Waals surface area (Å²) in [6.45, 7) is 3.39. The number of H-pyrrole nitrogens is 1. The molecule has 0 spiro atoms. The topological polar surface area (TPSA) is 63.1 Å². The van der Waals surface area contributed by atoms with Crippen molar-refractivity contribution in [1.82, 2.24) is 10.2 Å². The van der Waals surface area contributed by atoms with Gasteiger partial charge in [0.05, 0.1) is 12.9 Å². The molecule has 2 rings (SSSR count). The van der Waals surface area contributed by atoms with Crippen LogP contribution in [0, 0.1) is 6.92 Å². The molecule has 0 atom stereocenters. The molecule has 0 fully saturated rings. The number of aromatic amines is 1. The maximum Gasteiger partial charge on any atom is 0.151 e. The van der Waals surface area contributed by atoms with Crippen molar-refractivity contribution in [3.05, 3.63) is 24.0 Å². The van der Waals surface area contributed by atoms with Gasteiger partial charge in [-0.15, -0.1) is 0 Å². The Hall–Kier alpha value is -1.75. The zero-order valence-electron chi connectivity index (χ0n) is 9.41. The summed E-state index contributed by atoms with van der Waals surface area (Å²) >= 11 is 0. The van der Waals surface area contributed by atoms with Gasteiger partial charge in [0.2, 0.25) is 0 Å². The van der Waals surface area contributed by atoms with E-state index in [1.807, 2.05) is 19.1 Å². The lowest BCUT2D eigenvalue weighted by Crippen LogP contribution is -2.08. The van der Waals surface area contributed by atoms with E-state index < -0.39 is 0 Å². The van der Waals surface area contributed by atoms with Crippen molar-refractivity contribution in [2.24, 2.45) is 0 Å². The number of hydrogen-bond donors (Lipinski definition) is 2. The Bertz CT molecular complexity index is 434. The van der Waals surface area contributed by atoms with E-state index in [1.54, 1.807) is 13.4 Å². The number of rotatable bonds is 5. The second-order valence-corrected chi connectivity index (χ2v) is 3.47. The average molecular weight is 221 g/mol. The van der Waals surface area contributed by atoms with Crippen molar-refractivity contribution in [3.8, 4) is 11.5 Å². The van der Waals surface area contributed by atoms with Crippen LogP contribution in [0.4, 0.5) is 5.82 Å². The molecule has 0 radical (unpaired) electrons. The molecule has 0 aliphatic carbocycles. The predicted octanol–water partition coefficient (Wildman–Crippen LogP) is 2.04. The summed E-state index contributed by atoms with van der Waals surface area (Å²) in [4.78, 5) is 0. The monoisotopic (exact) mass is 221 g/mol. The maximum atomic E-state index is 5.32. The lowest BCUT2D eigenvalue weighted by Gasteiger charge is -2.02. The number of anilines is 1. The van der Waals surface area contributed by atoms with E-state index in [0.717, 1.165) is 29.4 Å². The highest BCUT2D eigenvalue weighted by Crippen LogP contribution is 2.25. The Morgan fingerprint density at radius 1 is 1.56 bits per heavy atom. The Morgan fingerprint density at radius 2 is 2.44 bits per heavy atom. The molecule has 0 aromatic carbocycles. The Balaban J connectivity index is 2.12. The largest absolute Gasteiger partial charge is 0.463 e. The van der Waals surface area contributed by atoms with Crippen LogP contribution in [0.3, 0.4) is 0 Å². The number of methoxy groups -OCH3 is 1. The molecule has 5 heteroatoms. The molecule has 0 amide bonds. The molecule has 2 N–H and O–H groups in total. The molecule has 0 aliphatic heterocycles. The van der Waals surface area contributed by atoms with Gasteiger partial charge < -0.3 is 14.5 Å². The first-order chi connectivity index (χ1) is 7.83. The van der Waals surface area contributed by atoms with Gasteiger partial charge in [0.15, 0.2) is 11.6 Å². The summed E-state index contributed by atoms with van der Waals surface area (Å²) < 4.78 is 10.3. The Morgan fingerprint density at radius 3 is 3.12 bits per heavy atom. The standard InChI is InChI=1S/C11H15N3O2/c1-8-10(9-4-3-6-16-9)13-14-11(8)12-5-7-15-2/h3-4,6H,5,7H2,1-2H3,(H2,12,13,14). The van der Waals surface area contributed by atoms with Gasteiger partial charge in [-0.1, -0.05) is 0 Å². The number of nitrogens with zero attached hydrogens (tertiary/aromatic N) is 1. The fourth-order valence-electron chi connectivity index (χ4n) is 1.50. The third-order valence-electron chi connectivity index (χ3n) is 2.38. The van der Waals surface area contributed by atoms with Gasteiger partial charge in [-0.2, -0.15) is 5.10 Å². The van der Waals surface area contributed by atoms with Crippen LogP contribution in [-0.2, 0) is 4.74 Å². The number of furan rings is 1. The minimum absolute atomic E-state index is 0.655.